The Bertz CT molecular complexity index is 2340. The van der Waals surface area contributed by atoms with Gasteiger partial charge in [0, 0.05) is 59.7 Å². The molecule has 0 amide bonds. The number of hydrogen-bond donors (Lipinski definition) is 0. The molecular formula is C48H40N2S. The van der Waals surface area contributed by atoms with Crippen LogP contribution in [0.4, 0.5) is 34.1 Å². The summed E-state index contributed by atoms with van der Waals surface area (Å²) in [5.74, 6) is 0. The second kappa shape index (κ2) is 13.6. The second-order valence-electron chi connectivity index (χ2n) is 13.7. The first-order chi connectivity index (χ1) is 25.3. The van der Waals surface area contributed by atoms with E-state index in [1.807, 2.05) is 11.3 Å². The average molecular weight is 677 g/mol. The van der Waals surface area contributed by atoms with Crippen LogP contribution in [0.5, 0.6) is 0 Å². The zero-order chi connectivity index (χ0) is 34.0. The largest absolute Gasteiger partial charge is 0.311 e. The molecule has 7 aromatic carbocycles. The van der Waals surface area contributed by atoms with Gasteiger partial charge in [0.25, 0.3) is 0 Å². The van der Waals surface area contributed by atoms with E-state index in [9.17, 15) is 0 Å². The monoisotopic (exact) mass is 676 g/mol. The van der Waals surface area contributed by atoms with Gasteiger partial charge in [-0.3, -0.25) is 0 Å². The fraction of sp³-hybridized carbons (Fsp3) is 0.125. The molecule has 1 aromatic heterocycles. The number of hydrogen-bond acceptors (Lipinski definition) is 3. The lowest BCUT2D eigenvalue weighted by molar-refractivity contribution is 0.346. The third kappa shape index (κ3) is 5.88. The molecule has 2 nitrogen and oxygen atoms in total. The number of nitrogens with zero attached hydrogens (tertiary/aromatic N) is 2. The third-order valence-corrected chi connectivity index (χ3v) is 11.9. The molecule has 1 aliphatic carbocycles. The maximum absolute atomic E-state index is 2.41. The van der Waals surface area contributed by atoms with Crippen molar-refractivity contribution >= 4 is 65.6 Å². The molecule has 1 aliphatic rings. The van der Waals surface area contributed by atoms with E-state index in [1.54, 1.807) is 0 Å². The maximum Gasteiger partial charge on any atom is 0.0476 e. The molecule has 0 N–H and O–H groups in total. The summed E-state index contributed by atoms with van der Waals surface area (Å²) in [4.78, 5) is 4.75. The number of para-hydroxylation sites is 3. The molecule has 1 saturated carbocycles. The van der Waals surface area contributed by atoms with Crippen molar-refractivity contribution in [1.82, 2.24) is 0 Å². The van der Waals surface area contributed by atoms with Gasteiger partial charge in [0.1, 0.15) is 0 Å². The highest BCUT2D eigenvalue weighted by Gasteiger charge is 2.36. The van der Waals surface area contributed by atoms with E-state index < -0.39 is 0 Å². The smallest absolute Gasteiger partial charge is 0.0476 e. The van der Waals surface area contributed by atoms with Crippen LogP contribution < -0.4 is 9.80 Å². The summed E-state index contributed by atoms with van der Waals surface area (Å²) in [6.07, 6.45) is 6.12. The Morgan fingerprint density at radius 1 is 0.353 bits per heavy atom. The molecule has 8 aromatic rings. The van der Waals surface area contributed by atoms with Crippen molar-refractivity contribution in [3.63, 3.8) is 0 Å². The lowest BCUT2D eigenvalue weighted by Crippen LogP contribution is -2.30. The van der Waals surface area contributed by atoms with Crippen LogP contribution in [0.3, 0.4) is 0 Å². The zero-order valence-electron chi connectivity index (χ0n) is 28.7. The van der Waals surface area contributed by atoms with Crippen LogP contribution in [0.1, 0.15) is 43.2 Å². The van der Waals surface area contributed by atoms with Crippen molar-refractivity contribution in [2.24, 2.45) is 0 Å². The number of thiophene rings is 1. The van der Waals surface area contributed by atoms with E-state index in [0.717, 1.165) is 29.9 Å². The molecule has 0 spiro atoms. The summed E-state index contributed by atoms with van der Waals surface area (Å²) < 4.78 is 2.65. The van der Waals surface area contributed by atoms with Gasteiger partial charge in [-0.25, -0.2) is 0 Å². The summed E-state index contributed by atoms with van der Waals surface area (Å²) in [6.45, 7) is 0. The average Bonchev–Trinajstić information content (AvgIpc) is 3.58. The number of benzene rings is 7. The Morgan fingerprint density at radius 2 is 0.765 bits per heavy atom. The molecule has 9 rings (SSSR count). The van der Waals surface area contributed by atoms with Crippen molar-refractivity contribution in [2.75, 3.05) is 9.80 Å². The van der Waals surface area contributed by atoms with Gasteiger partial charge in [-0.2, -0.15) is 0 Å². The van der Waals surface area contributed by atoms with Crippen molar-refractivity contribution in [3.05, 3.63) is 193 Å². The van der Waals surface area contributed by atoms with E-state index in [0.29, 0.717) is 0 Å². The minimum Gasteiger partial charge on any atom is -0.311 e. The van der Waals surface area contributed by atoms with Crippen LogP contribution in [0, 0.1) is 0 Å². The standard InChI is InChI=1S/C48H40N2S/c1-5-15-38(16-6-1)49(39-17-7-2-8-18-39)41-27-23-36(24-28-41)48(33-13-4-14-34-48)37-25-29-42(30-26-37)50(40-19-9-3-10-20-40)43-31-32-45-44-21-11-12-22-46(44)51-47(45)35-43/h1-3,5-12,15-32,35H,4,13-14,33-34H2. The molecule has 1 fully saturated rings. The highest BCUT2D eigenvalue weighted by Crippen LogP contribution is 2.47. The maximum atomic E-state index is 2.41. The predicted molar refractivity (Wildman–Crippen MR) is 219 cm³/mol. The van der Waals surface area contributed by atoms with Gasteiger partial charge in [0.2, 0.25) is 0 Å². The second-order valence-corrected chi connectivity index (χ2v) is 14.8. The SMILES string of the molecule is c1ccc(N(c2ccccc2)c2ccc(C3(c4ccc(N(c5ccccc5)c5ccc6c(c5)sc5ccccc56)cc4)CCCCC3)cc2)cc1. The molecule has 51 heavy (non-hydrogen) atoms. The van der Waals surface area contributed by atoms with Gasteiger partial charge in [-0.05, 0) is 103 Å². The summed E-state index contributed by atoms with van der Waals surface area (Å²) in [6, 6.07) is 66.7. The first-order valence-electron chi connectivity index (χ1n) is 18.1. The van der Waals surface area contributed by atoms with Gasteiger partial charge < -0.3 is 9.80 Å². The minimum absolute atomic E-state index is 0.00675. The molecular weight excluding hydrogens is 637 g/mol. The van der Waals surface area contributed by atoms with Crippen LogP contribution in [-0.4, -0.2) is 0 Å². The molecule has 0 radical (unpaired) electrons. The summed E-state index contributed by atoms with van der Waals surface area (Å²) in [5.41, 5.74) is 9.83. The van der Waals surface area contributed by atoms with Crippen molar-refractivity contribution < 1.29 is 0 Å². The molecule has 0 saturated heterocycles. The molecule has 0 atom stereocenters. The summed E-state index contributed by atoms with van der Waals surface area (Å²) in [5, 5.41) is 2.65. The van der Waals surface area contributed by atoms with E-state index in [4.69, 9.17) is 0 Å². The number of fused-ring (bicyclic) bond motifs is 3. The topological polar surface area (TPSA) is 6.48 Å². The van der Waals surface area contributed by atoms with Crippen LogP contribution in [0.2, 0.25) is 0 Å². The lowest BCUT2D eigenvalue weighted by Gasteiger charge is -2.39. The third-order valence-electron chi connectivity index (χ3n) is 10.7. The first-order valence-corrected chi connectivity index (χ1v) is 19.0. The van der Waals surface area contributed by atoms with E-state index in [-0.39, 0.29) is 5.41 Å². The highest BCUT2D eigenvalue weighted by molar-refractivity contribution is 7.25. The van der Waals surface area contributed by atoms with Crippen LogP contribution in [0.15, 0.2) is 182 Å². The first kappa shape index (κ1) is 31.3. The summed E-state index contributed by atoms with van der Waals surface area (Å²) in [7, 11) is 0. The number of anilines is 6. The Morgan fingerprint density at radius 3 is 1.29 bits per heavy atom. The van der Waals surface area contributed by atoms with Crippen LogP contribution in [0.25, 0.3) is 20.2 Å². The normalized spacial score (nSPS) is 14.0. The lowest BCUT2D eigenvalue weighted by atomic mass is 9.65. The van der Waals surface area contributed by atoms with Gasteiger partial charge >= 0.3 is 0 Å². The van der Waals surface area contributed by atoms with Crippen LogP contribution >= 0.6 is 11.3 Å². The predicted octanol–water partition coefficient (Wildman–Crippen LogP) is 14.2. The van der Waals surface area contributed by atoms with E-state index >= 15 is 0 Å². The Kier molecular flexibility index (Phi) is 8.35. The molecule has 1 heterocycles. The minimum atomic E-state index is -0.00675. The zero-order valence-corrected chi connectivity index (χ0v) is 29.5. The van der Waals surface area contributed by atoms with Crippen molar-refractivity contribution in [2.45, 2.75) is 37.5 Å². The van der Waals surface area contributed by atoms with E-state index in [2.05, 4.69) is 192 Å². The van der Waals surface area contributed by atoms with Crippen molar-refractivity contribution in [3.8, 4) is 0 Å². The molecule has 3 heteroatoms. The Balaban J connectivity index is 1.09. The van der Waals surface area contributed by atoms with Gasteiger partial charge in [0.15, 0.2) is 0 Å². The van der Waals surface area contributed by atoms with Crippen molar-refractivity contribution in [1.29, 1.82) is 0 Å². The van der Waals surface area contributed by atoms with Gasteiger partial charge in [-0.1, -0.05) is 122 Å². The fourth-order valence-electron chi connectivity index (χ4n) is 8.24. The van der Waals surface area contributed by atoms with Gasteiger partial charge in [0.05, 0.1) is 0 Å². The quantitative estimate of drug-likeness (QED) is 0.158. The fourth-order valence-corrected chi connectivity index (χ4v) is 9.38. The molecule has 0 bridgehead atoms. The number of rotatable bonds is 8. The van der Waals surface area contributed by atoms with Gasteiger partial charge in [-0.15, -0.1) is 11.3 Å². The van der Waals surface area contributed by atoms with Crippen LogP contribution in [-0.2, 0) is 5.41 Å². The molecule has 0 unspecified atom stereocenters. The molecule has 0 aliphatic heterocycles. The van der Waals surface area contributed by atoms with E-state index in [1.165, 1.54) is 67.6 Å². The highest BCUT2D eigenvalue weighted by atomic mass is 32.1. The summed E-state index contributed by atoms with van der Waals surface area (Å²) >= 11 is 1.87. The Hall–Kier alpha value is -5.64. The Labute approximate surface area is 304 Å². The molecule has 248 valence electrons.